The van der Waals surface area contributed by atoms with Crippen LogP contribution in [0.4, 0.5) is 16.2 Å². The van der Waals surface area contributed by atoms with Crippen molar-refractivity contribution in [3.05, 3.63) is 60.2 Å². The predicted molar refractivity (Wildman–Crippen MR) is 90.5 cm³/mol. The third-order valence-corrected chi connectivity index (χ3v) is 3.80. The Hall–Kier alpha value is -2.82. The summed E-state index contributed by atoms with van der Waals surface area (Å²) in [4.78, 5) is 23.0. The van der Waals surface area contributed by atoms with Crippen LogP contribution in [0.15, 0.2) is 54.6 Å². The number of anilines is 2. The third kappa shape index (κ3) is 4.10. The second-order valence-electron chi connectivity index (χ2n) is 5.72. The SMILES string of the molecule is CC(=O)Nc1ccc(NC(=O)NC2CC2c2ccccc2)cc1. The lowest BCUT2D eigenvalue weighted by Gasteiger charge is -2.08. The summed E-state index contributed by atoms with van der Waals surface area (Å²) in [6.45, 7) is 1.46. The Morgan fingerprint density at radius 2 is 1.52 bits per heavy atom. The lowest BCUT2D eigenvalue weighted by molar-refractivity contribution is -0.114. The molecule has 1 saturated carbocycles. The fraction of sp³-hybridized carbons (Fsp3) is 0.222. The first kappa shape index (κ1) is 15.1. The van der Waals surface area contributed by atoms with E-state index in [-0.39, 0.29) is 18.0 Å². The number of amides is 3. The number of rotatable bonds is 4. The number of hydrogen-bond acceptors (Lipinski definition) is 2. The second-order valence-corrected chi connectivity index (χ2v) is 5.72. The van der Waals surface area contributed by atoms with E-state index in [2.05, 4.69) is 28.1 Å². The standard InChI is InChI=1S/C18H19N3O2/c1-12(22)19-14-7-9-15(10-8-14)20-18(23)21-17-11-16(17)13-5-3-2-4-6-13/h2-10,16-17H,11H2,1H3,(H,19,22)(H2,20,21,23). The first-order valence-electron chi connectivity index (χ1n) is 7.62. The lowest BCUT2D eigenvalue weighted by Crippen LogP contribution is -2.31. The van der Waals surface area contributed by atoms with Gasteiger partial charge < -0.3 is 16.0 Å². The Bertz CT molecular complexity index is 698. The molecule has 23 heavy (non-hydrogen) atoms. The van der Waals surface area contributed by atoms with E-state index in [1.54, 1.807) is 24.3 Å². The highest BCUT2D eigenvalue weighted by atomic mass is 16.2. The molecular weight excluding hydrogens is 290 g/mol. The molecule has 2 unspecified atom stereocenters. The summed E-state index contributed by atoms with van der Waals surface area (Å²) >= 11 is 0. The van der Waals surface area contributed by atoms with Gasteiger partial charge in [-0.05, 0) is 36.2 Å². The molecule has 0 bridgehead atoms. The van der Waals surface area contributed by atoms with Crippen LogP contribution in [0, 0.1) is 0 Å². The number of carbonyl (C=O) groups excluding carboxylic acids is 2. The molecular formula is C18H19N3O2. The van der Waals surface area contributed by atoms with Gasteiger partial charge in [-0.1, -0.05) is 30.3 Å². The fourth-order valence-corrected chi connectivity index (χ4v) is 2.60. The molecule has 3 amide bonds. The summed E-state index contributed by atoms with van der Waals surface area (Å²) in [6.07, 6.45) is 0.971. The van der Waals surface area contributed by atoms with E-state index in [1.807, 2.05) is 18.2 Å². The van der Waals surface area contributed by atoms with Crippen molar-refractivity contribution in [1.29, 1.82) is 0 Å². The van der Waals surface area contributed by atoms with Crippen LogP contribution in [0.2, 0.25) is 0 Å². The van der Waals surface area contributed by atoms with Crippen molar-refractivity contribution in [2.24, 2.45) is 0 Å². The van der Waals surface area contributed by atoms with Gasteiger partial charge in [0.2, 0.25) is 5.91 Å². The average Bonchev–Trinajstić information content (AvgIpc) is 3.28. The number of nitrogens with one attached hydrogen (secondary N) is 3. The normalized spacial score (nSPS) is 18.8. The molecule has 5 nitrogen and oxygen atoms in total. The zero-order valence-corrected chi connectivity index (χ0v) is 12.9. The number of carbonyl (C=O) groups is 2. The van der Waals surface area contributed by atoms with Gasteiger partial charge in [-0.25, -0.2) is 4.79 Å². The van der Waals surface area contributed by atoms with Crippen LogP contribution >= 0.6 is 0 Å². The average molecular weight is 309 g/mol. The van der Waals surface area contributed by atoms with Crippen molar-refractivity contribution in [2.75, 3.05) is 10.6 Å². The Labute approximate surface area is 135 Å². The minimum atomic E-state index is -0.208. The van der Waals surface area contributed by atoms with Gasteiger partial charge in [-0.2, -0.15) is 0 Å². The van der Waals surface area contributed by atoms with Crippen LogP contribution in [-0.2, 0) is 4.79 Å². The van der Waals surface area contributed by atoms with E-state index in [0.29, 0.717) is 17.3 Å². The highest BCUT2D eigenvalue weighted by molar-refractivity contribution is 5.91. The van der Waals surface area contributed by atoms with E-state index >= 15 is 0 Å². The van der Waals surface area contributed by atoms with Crippen molar-refractivity contribution in [3.63, 3.8) is 0 Å². The molecule has 0 saturated heterocycles. The predicted octanol–water partition coefficient (Wildman–Crippen LogP) is 3.32. The zero-order chi connectivity index (χ0) is 16.2. The van der Waals surface area contributed by atoms with Crippen molar-refractivity contribution in [3.8, 4) is 0 Å². The summed E-state index contributed by atoms with van der Waals surface area (Å²) in [7, 11) is 0. The van der Waals surface area contributed by atoms with E-state index in [9.17, 15) is 9.59 Å². The van der Waals surface area contributed by atoms with Crippen molar-refractivity contribution < 1.29 is 9.59 Å². The van der Waals surface area contributed by atoms with Crippen LogP contribution in [-0.4, -0.2) is 18.0 Å². The smallest absolute Gasteiger partial charge is 0.319 e. The van der Waals surface area contributed by atoms with Crippen LogP contribution < -0.4 is 16.0 Å². The lowest BCUT2D eigenvalue weighted by atomic mass is 10.1. The largest absolute Gasteiger partial charge is 0.334 e. The molecule has 1 aliphatic rings. The van der Waals surface area contributed by atoms with Crippen molar-refractivity contribution in [1.82, 2.24) is 5.32 Å². The molecule has 5 heteroatoms. The summed E-state index contributed by atoms with van der Waals surface area (Å²) in [5.41, 5.74) is 2.65. The number of hydrogen-bond donors (Lipinski definition) is 3. The van der Waals surface area contributed by atoms with E-state index in [1.165, 1.54) is 12.5 Å². The van der Waals surface area contributed by atoms with Crippen LogP contribution in [0.1, 0.15) is 24.8 Å². The minimum absolute atomic E-state index is 0.121. The summed E-state index contributed by atoms with van der Waals surface area (Å²) in [6, 6.07) is 17.2. The molecule has 3 rings (SSSR count). The van der Waals surface area contributed by atoms with Crippen LogP contribution in [0.25, 0.3) is 0 Å². The van der Waals surface area contributed by atoms with Gasteiger partial charge in [0, 0.05) is 30.3 Å². The van der Waals surface area contributed by atoms with Gasteiger partial charge in [0.25, 0.3) is 0 Å². The molecule has 1 fully saturated rings. The zero-order valence-electron chi connectivity index (χ0n) is 12.9. The van der Waals surface area contributed by atoms with E-state index in [4.69, 9.17) is 0 Å². The maximum absolute atomic E-state index is 12.0. The van der Waals surface area contributed by atoms with Crippen molar-refractivity contribution >= 4 is 23.3 Å². The monoisotopic (exact) mass is 309 g/mol. The van der Waals surface area contributed by atoms with Gasteiger partial charge >= 0.3 is 6.03 Å². The molecule has 0 aromatic heterocycles. The highest BCUT2D eigenvalue weighted by Gasteiger charge is 2.39. The third-order valence-electron chi connectivity index (χ3n) is 3.80. The summed E-state index contributed by atoms with van der Waals surface area (Å²) < 4.78 is 0. The van der Waals surface area contributed by atoms with Gasteiger partial charge in [0.1, 0.15) is 0 Å². The van der Waals surface area contributed by atoms with Gasteiger partial charge in [0.15, 0.2) is 0 Å². The molecule has 0 aliphatic heterocycles. The fourth-order valence-electron chi connectivity index (χ4n) is 2.60. The van der Waals surface area contributed by atoms with E-state index < -0.39 is 0 Å². The van der Waals surface area contributed by atoms with Gasteiger partial charge in [-0.3, -0.25) is 4.79 Å². The molecule has 0 spiro atoms. The molecule has 0 radical (unpaired) electrons. The van der Waals surface area contributed by atoms with E-state index in [0.717, 1.165) is 6.42 Å². The van der Waals surface area contributed by atoms with Crippen LogP contribution in [0.3, 0.4) is 0 Å². The molecule has 118 valence electrons. The number of urea groups is 1. The molecule has 2 aromatic rings. The van der Waals surface area contributed by atoms with Gasteiger partial charge in [-0.15, -0.1) is 0 Å². The quantitative estimate of drug-likeness (QED) is 0.811. The highest BCUT2D eigenvalue weighted by Crippen LogP contribution is 2.40. The topological polar surface area (TPSA) is 70.2 Å². The molecule has 1 aliphatic carbocycles. The van der Waals surface area contributed by atoms with Gasteiger partial charge in [0.05, 0.1) is 0 Å². The Balaban J connectivity index is 1.49. The Morgan fingerprint density at radius 3 is 2.13 bits per heavy atom. The molecule has 3 N–H and O–H groups in total. The molecule has 0 heterocycles. The second kappa shape index (κ2) is 6.52. The maximum atomic E-state index is 12.0. The maximum Gasteiger partial charge on any atom is 0.319 e. The van der Waals surface area contributed by atoms with Crippen LogP contribution in [0.5, 0.6) is 0 Å². The molecule has 2 aromatic carbocycles. The minimum Gasteiger partial charge on any atom is -0.334 e. The number of benzene rings is 2. The first-order valence-corrected chi connectivity index (χ1v) is 7.62. The summed E-state index contributed by atoms with van der Waals surface area (Å²) in [5, 5.41) is 8.47. The first-order chi connectivity index (χ1) is 11.1. The Morgan fingerprint density at radius 1 is 0.913 bits per heavy atom. The van der Waals surface area contributed by atoms with Crippen molar-refractivity contribution in [2.45, 2.75) is 25.3 Å². The molecule has 2 atom stereocenters. The summed E-state index contributed by atoms with van der Waals surface area (Å²) in [5.74, 6) is 0.285. The Kier molecular flexibility index (Phi) is 4.28.